The summed E-state index contributed by atoms with van der Waals surface area (Å²) in [6.07, 6.45) is 8.99. The first kappa shape index (κ1) is 16.3. The van der Waals surface area contributed by atoms with Gasteiger partial charge in [0.2, 0.25) is 0 Å². The van der Waals surface area contributed by atoms with Gasteiger partial charge >= 0.3 is 5.97 Å². The van der Waals surface area contributed by atoms with Crippen molar-refractivity contribution in [3.8, 4) is 5.75 Å². The minimum Gasteiger partial charge on any atom is -0.497 e. The van der Waals surface area contributed by atoms with Crippen LogP contribution >= 0.6 is 0 Å². The monoisotopic (exact) mass is 276 g/mol. The molecule has 110 valence electrons. The van der Waals surface area contributed by atoms with E-state index in [0.717, 1.165) is 24.2 Å². The van der Waals surface area contributed by atoms with Gasteiger partial charge in [-0.15, -0.1) is 0 Å². The van der Waals surface area contributed by atoms with Gasteiger partial charge < -0.3 is 9.47 Å². The number of esters is 1. The van der Waals surface area contributed by atoms with E-state index >= 15 is 0 Å². The largest absolute Gasteiger partial charge is 0.497 e. The van der Waals surface area contributed by atoms with Crippen LogP contribution in [0.5, 0.6) is 5.75 Å². The second-order valence-electron chi connectivity index (χ2n) is 4.69. The molecule has 0 radical (unpaired) electrons. The van der Waals surface area contributed by atoms with E-state index in [-0.39, 0.29) is 5.97 Å². The number of carbonyl (C=O) groups is 1. The molecule has 0 bridgehead atoms. The van der Waals surface area contributed by atoms with Crippen molar-refractivity contribution in [2.75, 3.05) is 13.7 Å². The Hall–Kier alpha value is -1.77. The Balaban J connectivity index is 2.22. The van der Waals surface area contributed by atoms with Crippen molar-refractivity contribution < 1.29 is 14.3 Å². The Morgan fingerprint density at radius 1 is 1.10 bits per heavy atom. The lowest BCUT2D eigenvalue weighted by Gasteiger charge is -2.02. The van der Waals surface area contributed by atoms with Crippen LogP contribution in [0.2, 0.25) is 0 Å². The third-order valence-corrected chi connectivity index (χ3v) is 3.02. The summed E-state index contributed by atoms with van der Waals surface area (Å²) in [5.74, 6) is 0.521. The molecule has 0 N–H and O–H groups in total. The highest BCUT2D eigenvalue weighted by atomic mass is 16.5. The van der Waals surface area contributed by atoms with Crippen molar-refractivity contribution >= 4 is 12.0 Å². The van der Waals surface area contributed by atoms with E-state index < -0.39 is 0 Å². The predicted octanol–water partition coefficient (Wildman–Crippen LogP) is 4.22. The van der Waals surface area contributed by atoms with Crippen LogP contribution in [0.15, 0.2) is 30.3 Å². The molecule has 0 unspecified atom stereocenters. The van der Waals surface area contributed by atoms with E-state index in [1.54, 1.807) is 13.2 Å². The molecule has 0 spiro atoms. The Morgan fingerprint density at radius 3 is 2.45 bits per heavy atom. The molecule has 1 aromatic carbocycles. The Kier molecular flexibility index (Phi) is 8.20. The van der Waals surface area contributed by atoms with E-state index in [1.807, 2.05) is 24.3 Å². The van der Waals surface area contributed by atoms with Crippen molar-refractivity contribution in [1.29, 1.82) is 0 Å². The van der Waals surface area contributed by atoms with Gasteiger partial charge in [0, 0.05) is 6.08 Å². The van der Waals surface area contributed by atoms with Crippen molar-refractivity contribution in [2.24, 2.45) is 0 Å². The van der Waals surface area contributed by atoms with Crippen LogP contribution in [-0.4, -0.2) is 19.7 Å². The van der Waals surface area contributed by atoms with Gasteiger partial charge in [0.15, 0.2) is 0 Å². The summed E-state index contributed by atoms with van der Waals surface area (Å²) in [5.41, 5.74) is 0.950. The second-order valence-corrected chi connectivity index (χ2v) is 4.69. The molecule has 0 aromatic heterocycles. The number of unbranched alkanes of at least 4 members (excludes halogenated alkanes) is 4. The fourth-order valence-corrected chi connectivity index (χ4v) is 1.81. The van der Waals surface area contributed by atoms with Gasteiger partial charge in [-0.25, -0.2) is 4.79 Å². The van der Waals surface area contributed by atoms with Gasteiger partial charge in [-0.05, 0) is 30.2 Å². The molecular weight excluding hydrogens is 252 g/mol. The predicted molar refractivity (Wildman–Crippen MR) is 81.7 cm³/mol. The first-order valence-corrected chi connectivity index (χ1v) is 7.25. The molecular formula is C17H24O3. The number of carbonyl (C=O) groups excluding carboxylic acids is 1. The minimum atomic E-state index is -0.281. The average Bonchev–Trinajstić information content (AvgIpc) is 2.49. The molecule has 3 heteroatoms. The first-order valence-electron chi connectivity index (χ1n) is 7.25. The molecule has 0 amide bonds. The summed E-state index contributed by atoms with van der Waals surface area (Å²) >= 11 is 0. The summed E-state index contributed by atoms with van der Waals surface area (Å²) in [7, 11) is 1.63. The van der Waals surface area contributed by atoms with Crippen LogP contribution in [0, 0.1) is 0 Å². The van der Waals surface area contributed by atoms with Crippen molar-refractivity contribution in [2.45, 2.75) is 39.0 Å². The normalized spacial score (nSPS) is 10.7. The van der Waals surface area contributed by atoms with Crippen molar-refractivity contribution in [1.82, 2.24) is 0 Å². The van der Waals surface area contributed by atoms with Gasteiger partial charge in [-0.3, -0.25) is 0 Å². The maximum Gasteiger partial charge on any atom is 0.330 e. The smallest absolute Gasteiger partial charge is 0.330 e. The highest BCUT2D eigenvalue weighted by Gasteiger charge is 1.97. The molecule has 0 atom stereocenters. The number of hydrogen-bond donors (Lipinski definition) is 0. The number of benzene rings is 1. The summed E-state index contributed by atoms with van der Waals surface area (Å²) in [4.78, 5) is 11.5. The van der Waals surface area contributed by atoms with Gasteiger partial charge in [-0.2, -0.15) is 0 Å². The maximum atomic E-state index is 11.5. The fraction of sp³-hybridized carbons (Fsp3) is 0.471. The average molecular weight is 276 g/mol. The Bertz CT molecular complexity index is 407. The van der Waals surface area contributed by atoms with Crippen molar-refractivity contribution in [3.05, 3.63) is 35.9 Å². The highest BCUT2D eigenvalue weighted by Crippen LogP contribution is 2.12. The molecule has 0 aliphatic rings. The topological polar surface area (TPSA) is 35.5 Å². The van der Waals surface area contributed by atoms with Gasteiger partial charge in [0.1, 0.15) is 5.75 Å². The quantitative estimate of drug-likeness (QED) is 0.385. The first-order chi connectivity index (χ1) is 9.76. The van der Waals surface area contributed by atoms with Crippen LogP contribution < -0.4 is 4.74 Å². The highest BCUT2D eigenvalue weighted by molar-refractivity contribution is 5.87. The second kappa shape index (κ2) is 10.1. The maximum absolute atomic E-state index is 11.5. The van der Waals surface area contributed by atoms with Crippen molar-refractivity contribution in [3.63, 3.8) is 0 Å². The number of rotatable bonds is 9. The van der Waals surface area contributed by atoms with Crippen LogP contribution in [0.1, 0.15) is 44.6 Å². The standard InChI is InChI=1S/C17H24O3/c1-3-4-5-6-7-14-20-17(18)13-10-15-8-11-16(19-2)12-9-15/h8-13H,3-7,14H2,1-2H3. The summed E-state index contributed by atoms with van der Waals surface area (Å²) < 4.78 is 10.2. The molecule has 1 aromatic rings. The Labute approximate surface area is 121 Å². The zero-order chi connectivity index (χ0) is 14.6. The third-order valence-electron chi connectivity index (χ3n) is 3.02. The number of hydrogen-bond acceptors (Lipinski definition) is 3. The lowest BCUT2D eigenvalue weighted by Crippen LogP contribution is -2.02. The minimum absolute atomic E-state index is 0.281. The number of ether oxygens (including phenoxy) is 2. The lowest BCUT2D eigenvalue weighted by atomic mass is 10.2. The summed E-state index contributed by atoms with van der Waals surface area (Å²) in [6.45, 7) is 2.69. The third kappa shape index (κ3) is 6.98. The van der Waals surface area contributed by atoms with Gasteiger partial charge in [-0.1, -0.05) is 44.7 Å². The molecule has 20 heavy (non-hydrogen) atoms. The Morgan fingerprint density at radius 2 is 1.80 bits per heavy atom. The summed E-state index contributed by atoms with van der Waals surface area (Å²) in [6, 6.07) is 7.51. The van der Waals surface area contributed by atoms with Crippen LogP contribution in [-0.2, 0) is 9.53 Å². The van der Waals surface area contributed by atoms with Crippen LogP contribution in [0.25, 0.3) is 6.08 Å². The molecule has 1 rings (SSSR count). The van der Waals surface area contributed by atoms with Crippen LogP contribution in [0.4, 0.5) is 0 Å². The van der Waals surface area contributed by atoms with E-state index in [4.69, 9.17) is 9.47 Å². The zero-order valence-corrected chi connectivity index (χ0v) is 12.4. The molecule has 0 fully saturated rings. The zero-order valence-electron chi connectivity index (χ0n) is 12.4. The SMILES string of the molecule is CCCCCCCOC(=O)C=Cc1ccc(OC)cc1. The molecule has 0 aliphatic heterocycles. The van der Waals surface area contributed by atoms with Crippen LogP contribution in [0.3, 0.4) is 0 Å². The molecule has 3 nitrogen and oxygen atoms in total. The van der Waals surface area contributed by atoms with E-state index in [2.05, 4.69) is 6.92 Å². The van der Waals surface area contributed by atoms with Gasteiger partial charge in [0.05, 0.1) is 13.7 Å². The molecule has 0 saturated carbocycles. The molecule has 0 saturated heterocycles. The molecule has 0 heterocycles. The van der Waals surface area contributed by atoms with E-state index in [0.29, 0.717) is 6.61 Å². The van der Waals surface area contributed by atoms with E-state index in [1.165, 1.54) is 25.3 Å². The summed E-state index contributed by atoms with van der Waals surface area (Å²) in [5, 5.41) is 0. The van der Waals surface area contributed by atoms with Gasteiger partial charge in [0.25, 0.3) is 0 Å². The fourth-order valence-electron chi connectivity index (χ4n) is 1.81. The number of methoxy groups -OCH3 is 1. The molecule has 0 aliphatic carbocycles. The lowest BCUT2D eigenvalue weighted by molar-refractivity contribution is -0.137. The van der Waals surface area contributed by atoms with E-state index in [9.17, 15) is 4.79 Å².